The predicted molar refractivity (Wildman–Crippen MR) is 88.1 cm³/mol. The summed E-state index contributed by atoms with van der Waals surface area (Å²) in [6, 6.07) is 0.887. The van der Waals surface area contributed by atoms with E-state index in [1.54, 1.807) is 0 Å². The quantitative estimate of drug-likeness (QED) is 0.754. The first-order valence-corrected chi connectivity index (χ1v) is 9.01. The van der Waals surface area contributed by atoms with Gasteiger partial charge in [0.05, 0.1) is 0 Å². The van der Waals surface area contributed by atoms with Crippen LogP contribution in [0.5, 0.6) is 0 Å². The molecule has 20 heavy (non-hydrogen) atoms. The van der Waals surface area contributed by atoms with E-state index in [4.69, 9.17) is 0 Å². The van der Waals surface area contributed by atoms with Gasteiger partial charge in [0, 0.05) is 12.6 Å². The number of hydrogen-bond donors (Lipinski definition) is 0. The van der Waals surface area contributed by atoms with Crippen molar-refractivity contribution in [3.63, 3.8) is 0 Å². The van der Waals surface area contributed by atoms with Crippen molar-refractivity contribution in [1.29, 1.82) is 0 Å². The summed E-state index contributed by atoms with van der Waals surface area (Å²) in [5.74, 6) is 2.71. The third-order valence-electron chi connectivity index (χ3n) is 5.15. The number of likely N-dealkylation sites (tertiary alicyclic amines) is 2. The molecule has 2 heterocycles. The molecule has 0 aromatic carbocycles. The van der Waals surface area contributed by atoms with Crippen molar-refractivity contribution in [3.05, 3.63) is 0 Å². The van der Waals surface area contributed by atoms with Gasteiger partial charge in [-0.2, -0.15) is 0 Å². The van der Waals surface area contributed by atoms with Gasteiger partial charge in [0.15, 0.2) is 0 Å². The van der Waals surface area contributed by atoms with Crippen LogP contribution in [0.1, 0.15) is 59.8 Å². The molecule has 2 nitrogen and oxygen atoms in total. The second kappa shape index (κ2) is 7.79. The van der Waals surface area contributed by atoms with E-state index < -0.39 is 0 Å². The van der Waals surface area contributed by atoms with Gasteiger partial charge in [-0.05, 0) is 76.0 Å². The van der Waals surface area contributed by atoms with Crippen molar-refractivity contribution >= 4 is 0 Å². The van der Waals surface area contributed by atoms with Crippen molar-refractivity contribution in [2.24, 2.45) is 17.8 Å². The van der Waals surface area contributed by atoms with E-state index in [0.29, 0.717) is 0 Å². The van der Waals surface area contributed by atoms with Gasteiger partial charge in [-0.25, -0.2) is 0 Å². The summed E-state index contributed by atoms with van der Waals surface area (Å²) < 4.78 is 0. The summed E-state index contributed by atoms with van der Waals surface area (Å²) in [4.78, 5) is 5.48. The van der Waals surface area contributed by atoms with Gasteiger partial charge < -0.3 is 9.80 Å². The van der Waals surface area contributed by atoms with Crippen molar-refractivity contribution in [2.75, 3.05) is 32.7 Å². The first kappa shape index (κ1) is 16.3. The van der Waals surface area contributed by atoms with Crippen molar-refractivity contribution < 1.29 is 0 Å². The molecule has 118 valence electrons. The minimum Gasteiger partial charge on any atom is -0.303 e. The van der Waals surface area contributed by atoms with Crippen molar-refractivity contribution in [2.45, 2.75) is 65.8 Å². The molecule has 2 aliphatic rings. The molecule has 0 saturated carbocycles. The maximum atomic E-state index is 2.81. The summed E-state index contributed by atoms with van der Waals surface area (Å²) in [5, 5.41) is 0. The Bertz CT molecular complexity index is 231. The van der Waals surface area contributed by atoms with Crippen LogP contribution in [0.2, 0.25) is 0 Å². The summed E-state index contributed by atoms with van der Waals surface area (Å²) in [6.07, 6.45) is 7.15. The average molecular weight is 280 g/mol. The van der Waals surface area contributed by atoms with E-state index in [9.17, 15) is 0 Å². The smallest absolute Gasteiger partial charge is 0.0120 e. The molecular weight excluding hydrogens is 244 g/mol. The molecule has 0 aliphatic carbocycles. The van der Waals surface area contributed by atoms with E-state index in [0.717, 1.165) is 23.8 Å². The van der Waals surface area contributed by atoms with Crippen LogP contribution in [0.4, 0.5) is 0 Å². The minimum atomic E-state index is 0.818. The zero-order valence-electron chi connectivity index (χ0n) is 14.3. The number of hydrogen-bond acceptors (Lipinski definition) is 2. The van der Waals surface area contributed by atoms with Crippen LogP contribution in [0, 0.1) is 17.8 Å². The predicted octanol–water partition coefficient (Wildman–Crippen LogP) is 3.86. The average Bonchev–Trinajstić information content (AvgIpc) is 2.39. The topological polar surface area (TPSA) is 6.48 Å². The molecule has 2 aliphatic heterocycles. The molecular formula is C18H36N2. The zero-order valence-corrected chi connectivity index (χ0v) is 14.3. The third kappa shape index (κ3) is 5.04. The Hall–Kier alpha value is -0.0800. The van der Waals surface area contributed by atoms with E-state index >= 15 is 0 Å². The van der Waals surface area contributed by atoms with Crippen molar-refractivity contribution in [1.82, 2.24) is 9.80 Å². The fourth-order valence-electron chi connectivity index (χ4n) is 4.20. The van der Waals surface area contributed by atoms with E-state index in [-0.39, 0.29) is 0 Å². The molecule has 0 aromatic heterocycles. The van der Waals surface area contributed by atoms with Crippen LogP contribution in [-0.2, 0) is 0 Å². The maximum absolute atomic E-state index is 2.81. The molecule has 0 atom stereocenters. The molecule has 2 fully saturated rings. The van der Waals surface area contributed by atoms with E-state index in [1.807, 2.05) is 0 Å². The van der Waals surface area contributed by atoms with Crippen LogP contribution in [-0.4, -0.2) is 48.6 Å². The first-order chi connectivity index (χ1) is 9.54. The van der Waals surface area contributed by atoms with Gasteiger partial charge in [-0.3, -0.25) is 0 Å². The van der Waals surface area contributed by atoms with Crippen LogP contribution >= 0.6 is 0 Å². The Morgan fingerprint density at radius 1 is 0.800 bits per heavy atom. The van der Waals surface area contributed by atoms with Gasteiger partial charge in [0.1, 0.15) is 0 Å². The number of rotatable bonds is 5. The lowest BCUT2D eigenvalue weighted by Gasteiger charge is -2.42. The lowest BCUT2D eigenvalue weighted by molar-refractivity contribution is 0.0704. The summed E-state index contributed by atoms with van der Waals surface area (Å²) >= 11 is 0. The molecule has 2 rings (SSSR count). The maximum Gasteiger partial charge on any atom is 0.0120 e. The second-order valence-electron chi connectivity index (χ2n) is 8.03. The lowest BCUT2D eigenvalue weighted by Crippen LogP contribution is -2.48. The molecule has 0 spiro atoms. The van der Waals surface area contributed by atoms with Crippen LogP contribution in [0.3, 0.4) is 0 Å². The Balaban J connectivity index is 1.68. The SMILES string of the molecule is CC(C)CC1CCN(C2CCN(CC(C)C)CC2)CC1. The largest absolute Gasteiger partial charge is 0.303 e. The molecule has 0 amide bonds. The highest BCUT2D eigenvalue weighted by Crippen LogP contribution is 2.27. The fourth-order valence-corrected chi connectivity index (χ4v) is 4.20. The van der Waals surface area contributed by atoms with Gasteiger partial charge in [0.25, 0.3) is 0 Å². The Morgan fingerprint density at radius 3 is 1.90 bits per heavy atom. The van der Waals surface area contributed by atoms with Crippen LogP contribution in [0.25, 0.3) is 0 Å². The molecule has 0 N–H and O–H groups in total. The molecule has 0 unspecified atom stereocenters. The molecule has 0 radical (unpaired) electrons. The monoisotopic (exact) mass is 280 g/mol. The van der Waals surface area contributed by atoms with Crippen LogP contribution in [0.15, 0.2) is 0 Å². The third-order valence-corrected chi connectivity index (χ3v) is 5.15. The summed E-state index contributed by atoms with van der Waals surface area (Å²) in [5.41, 5.74) is 0. The normalized spacial score (nSPS) is 24.9. The number of nitrogens with zero attached hydrogens (tertiary/aromatic N) is 2. The molecule has 0 aromatic rings. The highest BCUT2D eigenvalue weighted by molar-refractivity contribution is 4.83. The van der Waals surface area contributed by atoms with Crippen molar-refractivity contribution in [3.8, 4) is 0 Å². The number of piperidine rings is 2. The highest BCUT2D eigenvalue weighted by Gasteiger charge is 2.28. The minimum absolute atomic E-state index is 0.818. The van der Waals surface area contributed by atoms with Gasteiger partial charge in [-0.15, -0.1) is 0 Å². The Morgan fingerprint density at radius 2 is 1.40 bits per heavy atom. The molecule has 2 heteroatoms. The summed E-state index contributed by atoms with van der Waals surface area (Å²) in [7, 11) is 0. The molecule has 0 bridgehead atoms. The fraction of sp³-hybridized carbons (Fsp3) is 1.00. The van der Waals surface area contributed by atoms with Crippen LogP contribution < -0.4 is 0 Å². The Labute approximate surface area is 126 Å². The standard InChI is InChI=1S/C18H36N2/c1-15(2)13-17-5-11-20(12-6-17)18-7-9-19(10-8-18)14-16(3)4/h15-18H,5-14H2,1-4H3. The zero-order chi connectivity index (χ0) is 14.5. The highest BCUT2D eigenvalue weighted by atomic mass is 15.2. The van der Waals surface area contributed by atoms with Gasteiger partial charge in [0.2, 0.25) is 0 Å². The second-order valence-corrected chi connectivity index (χ2v) is 8.03. The van der Waals surface area contributed by atoms with E-state index in [2.05, 4.69) is 37.5 Å². The van der Waals surface area contributed by atoms with E-state index in [1.165, 1.54) is 64.8 Å². The summed E-state index contributed by atoms with van der Waals surface area (Å²) in [6.45, 7) is 16.1. The lowest BCUT2D eigenvalue weighted by atomic mass is 9.87. The van der Waals surface area contributed by atoms with Gasteiger partial charge in [-0.1, -0.05) is 27.7 Å². The first-order valence-electron chi connectivity index (χ1n) is 9.01. The van der Waals surface area contributed by atoms with Gasteiger partial charge >= 0.3 is 0 Å². The molecule has 2 saturated heterocycles. The Kier molecular flexibility index (Phi) is 6.35.